The highest BCUT2D eigenvalue weighted by Crippen LogP contribution is 2.24. The summed E-state index contributed by atoms with van der Waals surface area (Å²) >= 11 is 5.92. The molecular weight excluding hydrogens is 260 g/mol. The second-order valence-electron chi connectivity index (χ2n) is 4.83. The van der Waals surface area contributed by atoms with Gasteiger partial charge < -0.3 is 11.1 Å². The fourth-order valence-corrected chi connectivity index (χ4v) is 2.37. The van der Waals surface area contributed by atoms with Crippen molar-refractivity contribution in [2.75, 3.05) is 13.1 Å². The van der Waals surface area contributed by atoms with Gasteiger partial charge in [0.25, 0.3) is 0 Å². The summed E-state index contributed by atoms with van der Waals surface area (Å²) in [4.78, 5) is 12.2. The van der Waals surface area contributed by atoms with Crippen molar-refractivity contribution in [2.24, 2.45) is 11.1 Å². The molecule has 0 saturated carbocycles. The smallest absolute Gasteiger partial charge is 0.227 e. The van der Waals surface area contributed by atoms with Crippen LogP contribution in [-0.4, -0.2) is 19.0 Å². The van der Waals surface area contributed by atoms with Gasteiger partial charge in [0.1, 0.15) is 0 Å². The molecule has 0 saturated heterocycles. The molecule has 1 aromatic carbocycles. The van der Waals surface area contributed by atoms with Crippen LogP contribution in [0, 0.1) is 5.41 Å². The predicted molar refractivity (Wildman–Crippen MR) is 80.2 cm³/mol. The molecular formula is C15H23ClN2O. The average Bonchev–Trinajstić information content (AvgIpc) is 2.41. The quantitative estimate of drug-likeness (QED) is 0.808. The van der Waals surface area contributed by atoms with Crippen LogP contribution in [0.2, 0.25) is 5.02 Å². The molecule has 0 atom stereocenters. The zero-order chi connectivity index (χ0) is 14.3. The third-order valence-corrected chi connectivity index (χ3v) is 4.05. The summed E-state index contributed by atoms with van der Waals surface area (Å²) in [6, 6.07) is 7.69. The molecule has 0 aromatic heterocycles. The van der Waals surface area contributed by atoms with Crippen molar-refractivity contribution in [1.29, 1.82) is 0 Å². The summed E-state index contributed by atoms with van der Waals surface area (Å²) in [5, 5.41) is 3.71. The Morgan fingerprint density at radius 2 is 2.05 bits per heavy atom. The molecule has 0 fully saturated rings. The van der Waals surface area contributed by atoms with Crippen molar-refractivity contribution in [3.63, 3.8) is 0 Å². The van der Waals surface area contributed by atoms with Gasteiger partial charge in [0.05, 0.1) is 5.41 Å². The van der Waals surface area contributed by atoms with Crippen molar-refractivity contribution in [3.05, 3.63) is 34.9 Å². The lowest BCUT2D eigenvalue weighted by Gasteiger charge is -2.28. The maximum absolute atomic E-state index is 12.2. The van der Waals surface area contributed by atoms with E-state index < -0.39 is 5.41 Å². The zero-order valence-electron chi connectivity index (χ0n) is 11.7. The molecule has 4 heteroatoms. The summed E-state index contributed by atoms with van der Waals surface area (Å²) in [5.41, 5.74) is 6.46. The van der Waals surface area contributed by atoms with Gasteiger partial charge >= 0.3 is 0 Å². The Labute approximate surface area is 120 Å². The van der Waals surface area contributed by atoms with E-state index in [1.165, 1.54) is 0 Å². The molecule has 0 radical (unpaired) electrons. The molecule has 19 heavy (non-hydrogen) atoms. The summed E-state index contributed by atoms with van der Waals surface area (Å²) in [5.74, 6) is 0.0574. The van der Waals surface area contributed by atoms with Crippen LogP contribution in [0.4, 0.5) is 0 Å². The van der Waals surface area contributed by atoms with Crippen LogP contribution in [0.25, 0.3) is 0 Å². The fraction of sp³-hybridized carbons (Fsp3) is 0.533. The minimum absolute atomic E-state index is 0.0574. The summed E-state index contributed by atoms with van der Waals surface area (Å²) in [6.07, 6.45) is 2.31. The summed E-state index contributed by atoms with van der Waals surface area (Å²) in [7, 11) is 0. The van der Waals surface area contributed by atoms with Gasteiger partial charge in [0.15, 0.2) is 0 Å². The lowest BCUT2D eigenvalue weighted by molar-refractivity contribution is -0.131. The topological polar surface area (TPSA) is 55.1 Å². The van der Waals surface area contributed by atoms with E-state index in [-0.39, 0.29) is 5.91 Å². The number of rotatable bonds is 7. The van der Waals surface area contributed by atoms with Crippen LogP contribution in [0.3, 0.4) is 0 Å². The van der Waals surface area contributed by atoms with E-state index in [1.807, 2.05) is 38.1 Å². The first kappa shape index (κ1) is 16.0. The van der Waals surface area contributed by atoms with Crippen LogP contribution < -0.4 is 11.1 Å². The molecule has 1 amide bonds. The van der Waals surface area contributed by atoms with Gasteiger partial charge in [-0.05, 0) is 37.0 Å². The van der Waals surface area contributed by atoms with Gasteiger partial charge in [0.2, 0.25) is 5.91 Å². The molecule has 1 aromatic rings. The highest BCUT2D eigenvalue weighted by Gasteiger charge is 2.32. The van der Waals surface area contributed by atoms with Crippen molar-refractivity contribution < 1.29 is 4.79 Å². The van der Waals surface area contributed by atoms with Gasteiger partial charge in [0, 0.05) is 18.1 Å². The van der Waals surface area contributed by atoms with Gasteiger partial charge in [-0.25, -0.2) is 0 Å². The van der Waals surface area contributed by atoms with Crippen molar-refractivity contribution in [3.8, 4) is 0 Å². The number of hydrogen-bond donors (Lipinski definition) is 2. The highest BCUT2D eigenvalue weighted by atomic mass is 35.5. The second-order valence-corrected chi connectivity index (χ2v) is 5.26. The number of carbonyl (C=O) groups excluding carboxylic acids is 1. The third kappa shape index (κ3) is 4.22. The molecule has 0 aliphatic rings. The minimum Gasteiger partial charge on any atom is -0.355 e. The second kappa shape index (κ2) is 7.51. The molecule has 0 unspecified atom stereocenters. The Morgan fingerprint density at radius 1 is 1.37 bits per heavy atom. The van der Waals surface area contributed by atoms with E-state index in [9.17, 15) is 4.79 Å². The number of benzene rings is 1. The van der Waals surface area contributed by atoms with Crippen molar-refractivity contribution in [1.82, 2.24) is 5.32 Å². The number of carbonyl (C=O) groups is 1. The Bertz CT molecular complexity index is 408. The Balaban J connectivity index is 2.50. The standard InChI is InChI=1S/C15H23ClN2O/c1-3-15(4-2,11-17)14(19)18-9-8-12-6-5-7-13(16)10-12/h5-7,10H,3-4,8-9,11,17H2,1-2H3,(H,18,19). The minimum atomic E-state index is -0.422. The normalized spacial score (nSPS) is 11.4. The summed E-state index contributed by atoms with van der Waals surface area (Å²) < 4.78 is 0. The SMILES string of the molecule is CCC(CC)(CN)C(=O)NCCc1cccc(Cl)c1. The first-order chi connectivity index (χ1) is 9.07. The third-order valence-electron chi connectivity index (χ3n) is 3.81. The lowest BCUT2D eigenvalue weighted by Crippen LogP contribution is -2.45. The highest BCUT2D eigenvalue weighted by molar-refractivity contribution is 6.30. The van der Waals surface area contributed by atoms with Crippen molar-refractivity contribution >= 4 is 17.5 Å². The molecule has 106 valence electrons. The Morgan fingerprint density at radius 3 is 2.58 bits per heavy atom. The number of nitrogens with one attached hydrogen (secondary N) is 1. The van der Waals surface area contributed by atoms with Crippen LogP contribution in [0.15, 0.2) is 24.3 Å². The number of hydrogen-bond acceptors (Lipinski definition) is 2. The van der Waals surface area contributed by atoms with Crippen LogP contribution in [-0.2, 0) is 11.2 Å². The number of nitrogens with two attached hydrogens (primary N) is 1. The van der Waals surface area contributed by atoms with Gasteiger partial charge in [-0.2, -0.15) is 0 Å². The maximum Gasteiger partial charge on any atom is 0.227 e. The maximum atomic E-state index is 12.2. The number of amides is 1. The lowest BCUT2D eigenvalue weighted by atomic mass is 9.81. The van der Waals surface area contributed by atoms with E-state index in [0.29, 0.717) is 13.1 Å². The predicted octanol–water partition coefficient (Wildman–Crippen LogP) is 2.76. The number of halogens is 1. The Kier molecular flexibility index (Phi) is 6.32. The van der Waals surface area contributed by atoms with E-state index in [4.69, 9.17) is 17.3 Å². The van der Waals surface area contributed by atoms with Gasteiger partial charge in [-0.3, -0.25) is 4.79 Å². The van der Waals surface area contributed by atoms with Crippen molar-refractivity contribution in [2.45, 2.75) is 33.1 Å². The molecule has 3 nitrogen and oxygen atoms in total. The van der Waals surface area contributed by atoms with Crippen LogP contribution >= 0.6 is 11.6 Å². The monoisotopic (exact) mass is 282 g/mol. The molecule has 0 heterocycles. The molecule has 3 N–H and O–H groups in total. The molecule has 0 spiro atoms. The first-order valence-electron chi connectivity index (χ1n) is 6.80. The van der Waals surface area contributed by atoms with Crippen LogP contribution in [0.1, 0.15) is 32.3 Å². The molecule has 0 aliphatic heterocycles. The van der Waals surface area contributed by atoms with E-state index in [2.05, 4.69) is 5.32 Å². The zero-order valence-corrected chi connectivity index (χ0v) is 12.5. The van der Waals surface area contributed by atoms with Crippen LogP contribution in [0.5, 0.6) is 0 Å². The fourth-order valence-electron chi connectivity index (χ4n) is 2.15. The van der Waals surface area contributed by atoms with E-state index in [1.54, 1.807) is 0 Å². The first-order valence-corrected chi connectivity index (χ1v) is 7.18. The van der Waals surface area contributed by atoms with Gasteiger partial charge in [-0.1, -0.05) is 37.6 Å². The molecule has 1 rings (SSSR count). The molecule has 0 aliphatic carbocycles. The average molecular weight is 283 g/mol. The molecule has 0 bridgehead atoms. The van der Waals surface area contributed by atoms with Gasteiger partial charge in [-0.15, -0.1) is 0 Å². The largest absolute Gasteiger partial charge is 0.355 e. The van der Waals surface area contributed by atoms with E-state index in [0.717, 1.165) is 29.8 Å². The van der Waals surface area contributed by atoms with E-state index >= 15 is 0 Å². The Hall–Kier alpha value is -1.06. The summed E-state index contributed by atoms with van der Waals surface area (Å²) in [6.45, 7) is 5.02.